The van der Waals surface area contributed by atoms with Crippen LogP contribution in [0.4, 0.5) is 0 Å². The summed E-state index contributed by atoms with van der Waals surface area (Å²) in [5, 5.41) is 0. The molecule has 2 heterocycles. The minimum absolute atomic E-state index is 0.298. The van der Waals surface area contributed by atoms with Crippen molar-refractivity contribution in [3.63, 3.8) is 0 Å². The van der Waals surface area contributed by atoms with Crippen molar-refractivity contribution in [3.8, 4) is 0 Å². The zero-order chi connectivity index (χ0) is 21.8. The van der Waals surface area contributed by atoms with Crippen molar-refractivity contribution in [2.75, 3.05) is 33.4 Å². The van der Waals surface area contributed by atoms with Crippen LogP contribution in [0.3, 0.4) is 0 Å². The molecule has 0 spiro atoms. The Labute approximate surface area is 184 Å². The minimum atomic E-state index is -3.54. The van der Waals surface area contributed by atoms with Crippen molar-refractivity contribution in [2.45, 2.75) is 37.9 Å². The number of hydrogen-bond acceptors (Lipinski definition) is 5. The molecule has 166 valence electrons. The summed E-state index contributed by atoms with van der Waals surface area (Å²) in [4.78, 5) is 7.37. The first-order valence-corrected chi connectivity index (χ1v) is 12.2. The highest BCUT2D eigenvalue weighted by Gasteiger charge is 2.27. The summed E-state index contributed by atoms with van der Waals surface area (Å²) in [5.41, 5.74) is 2.96. The maximum atomic E-state index is 13.1. The standard InChI is InChI=1S/C23H30N4O3S/c1-3-11-27-22-10-9-20(31(28,29)26-12-14-30-15-13-26)16-21(22)24-23(27)18-25(2)17-19-7-5-4-6-8-19/h4-10,16H,3,11-15,17-18H2,1-2H3. The SMILES string of the molecule is CCCn1c(CN(C)Cc2ccccc2)nc2cc(S(=O)(=O)N3CCOCC3)ccc21. The predicted octanol–water partition coefficient (Wildman–Crippen LogP) is 3.10. The lowest BCUT2D eigenvalue weighted by molar-refractivity contribution is 0.0730. The van der Waals surface area contributed by atoms with Crippen LogP contribution in [0.15, 0.2) is 53.4 Å². The number of nitrogens with zero attached hydrogens (tertiary/aromatic N) is 4. The molecule has 8 heteroatoms. The van der Waals surface area contributed by atoms with Gasteiger partial charge in [-0.25, -0.2) is 13.4 Å². The molecule has 4 rings (SSSR count). The molecule has 0 saturated carbocycles. The molecule has 0 N–H and O–H groups in total. The Morgan fingerprint density at radius 2 is 1.81 bits per heavy atom. The Morgan fingerprint density at radius 1 is 1.06 bits per heavy atom. The van der Waals surface area contributed by atoms with Gasteiger partial charge in [0.15, 0.2) is 0 Å². The van der Waals surface area contributed by atoms with Crippen LogP contribution in [0.2, 0.25) is 0 Å². The summed E-state index contributed by atoms with van der Waals surface area (Å²) in [6, 6.07) is 15.7. The molecular weight excluding hydrogens is 412 g/mol. The van der Waals surface area contributed by atoms with Gasteiger partial charge < -0.3 is 9.30 Å². The molecule has 0 aliphatic carbocycles. The van der Waals surface area contributed by atoms with E-state index in [0.29, 0.717) is 37.7 Å². The summed E-state index contributed by atoms with van der Waals surface area (Å²) in [7, 11) is -1.46. The van der Waals surface area contributed by atoms with Crippen LogP contribution in [-0.4, -0.2) is 60.5 Å². The first-order valence-electron chi connectivity index (χ1n) is 10.8. The molecule has 31 heavy (non-hydrogen) atoms. The molecule has 1 aliphatic rings. The van der Waals surface area contributed by atoms with E-state index in [2.05, 4.69) is 35.6 Å². The number of aromatic nitrogens is 2. The summed E-state index contributed by atoms with van der Waals surface area (Å²) < 4.78 is 35.1. The number of ether oxygens (including phenoxy) is 1. The van der Waals surface area contributed by atoms with Crippen molar-refractivity contribution in [3.05, 3.63) is 59.9 Å². The van der Waals surface area contributed by atoms with Gasteiger partial charge >= 0.3 is 0 Å². The molecule has 0 unspecified atom stereocenters. The average molecular weight is 443 g/mol. The number of fused-ring (bicyclic) bond motifs is 1. The van der Waals surface area contributed by atoms with Crippen molar-refractivity contribution in [1.82, 2.24) is 18.8 Å². The number of sulfonamides is 1. The summed E-state index contributed by atoms with van der Waals surface area (Å²) >= 11 is 0. The zero-order valence-electron chi connectivity index (χ0n) is 18.2. The van der Waals surface area contributed by atoms with Crippen LogP contribution in [0.1, 0.15) is 24.7 Å². The fraction of sp³-hybridized carbons (Fsp3) is 0.435. The van der Waals surface area contributed by atoms with Crippen molar-refractivity contribution in [1.29, 1.82) is 0 Å². The van der Waals surface area contributed by atoms with E-state index < -0.39 is 10.0 Å². The largest absolute Gasteiger partial charge is 0.379 e. The lowest BCUT2D eigenvalue weighted by Crippen LogP contribution is -2.40. The first-order chi connectivity index (χ1) is 15.0. The Morgan fingerprint density at radius 3 is 2.52 bits per heavy atom. The Bertz CT molecular complexity index is 1120. The normalized spacial score (nSPS) is 15.7. The Hall–Kier alpha value is -2.26. The summed E-state index contributed by atoms with van der Waals surface area (Å²) in [6.07, 6.45) is 0.981. The van der Waals surface area contributed by atoms with Gasteiger partial charge in [-0.3, -0.25) is 4.90 Å². The van der Waals surface area contributed by atoms with Gasteiger partial charge in [0.25, 0.3) is 0 Å². The van der Waals surface area contributed by atoms with Gasteiger partial charge in [0.2, 0.25) is 10.0 Å². The molecule has 7 nitrogen and oxygen atoms in total. The van der Waals surface area contributed by atoms with E-state index in [1.807, 2.05) is 24.3 Å². The third kappa shape index (κ3) is 4.82. The van der Waals surface area contributed by atoms with Crippen molar-refractivity contribution >= 4 is 21.1 Å². The first kappa shape index (κ1) is 22.0. The van der Waals surface area contributed by atoms with E-state index in [9.17, 15) is 8.42 Å². The van der Waals surface area contributed by atoms with Crippen LogP contribution in [0, 0.1) is 0 Å². The highest BCUT2D eigenvalue weighted by atomic mass is 32.2. The number of hydrogen-bond donors (Lipinski definition) is 0. The monoisotopic (exact) mass is 442 g/mol. The van der Waals surface area contributed by atoms with E-state index in [4.69, 9.17) is 9.72 Å². The average Bonchev–Trinajstić information content (AvgIpc) is 3.11. The summed E-state index contributed by atoms with van der Waals surface area (Å²) in [6.45, 7) is 6.15. The molecule has 0 bridgehead atoms. The molecule has 0 amide bonds. The smallest absolute Gasteiger partial charge is 0.243 e. The van der Waals surface area contributed by atoms with Gasteiger partial charge in [-0.15, -0.1) is 0 Å². The Kier molecular flexibility index (Phi) is 6.71. The quantitative estimate of drug-likeness (QED) is 0.536. The van der Waals surface area contributed by atoms with E-state index in [1.54, 1.807) is 12.1 Å². The molecule has 0 radical (unpaired) electrons. The Balaban J connectivity index is 1.62. The van der Waals surface area contributed by atoms with Crippen LogP contribution >= 0.6 is 0 Å². The number of morpholine rings is 1. The van der Waals surface area contributed by atoms with E-state index >= 15 is 0 Å². The van der Waals surface area contributed by atoms with E-state index in [1.165, 1.54) is 9.87 Å². The lowest BCUT2D eigenvalue weighted by atomic mass is 10.2. The number of rotatable bonds is 8. The molecule has 2 aromatic carbocycles. The maximum absolute atomic E-state index is 13.1. The highest BCUT2D eigenvalue weighted by Crippen LogP contribution is 2.24. The second-order valence-corrected chi connectivity index (χ2v) is 9.94. The van der Waals surface area contributed by atoms with Gasteiger partial charge in [0.1, 0.15) is 5.82 Å². The molecule has 1 aromatic heterocycles. The second kappa shape index (κ2) is 9.48. The number of aryl methyl sites for hydroxylation is 1. The molecule has 1 aliphatic heterocycles. The van der Waals surface area contributed by atoms with Gasteiger partial charge in [0.05, 0.1) is 35.7 Å². The van der Waals surface area contributed by atoms with Gasteiger partial charge in [0, 0.05) is 26.2 Å². The lowest BCUT2D eigenvalue weighted by Gasteiger charge is -2.26. The van der Waals surface area contributed by atoms with Crippen LogP contribution in [-0.2, 0) is 34.4 Å². The third-order valence-corrected chi connectivity index (χ3v) is 7.46. The fourth-order valence-corrected chi connectivity index (χ4v) is 5.47. The topological polar surface area (TPSA) is 67.7 Å². The number of imidazole rings is 1. The van der Waals surface area contributed by atoms with Crippen LogP contribution in [0.25, 0.3) is 11.0 Å². The maximum Gasteiger partial charge on any atom is 0.243 e. The predicted molar refractivity (Wildman–Crippen MR) is 121 cm³/mol. The second-order valence-electron chi connectivity index (χ2n) is 8.00. The van der Waals surface area contributed by atoms with E-state index in [-0.39, 0.29) is 0 Å². The van der Waals surface area contributed by atoms with Crippen molar-refractivity contribution in [2.24, 2.45) is 0 Å². The van der Waals surface area contributed by atoms with Gasteiger partial charge in [-0.1, -0.05) is 37.3 Å². The molecule has 1 fully saturated rings. The van der Waals surface area contributed by atoms with Crippen molar-refractivity contribution < 1.29 is 13.2 Å². The molecule has 1 saturated heterocycles. The zero-order valence-corrected chi connectivity index (χ0v) is 19.0. The van der Waals surface area contributed by atoms with Gasteiger partial charge in [-0.05, 0) is 37.2 Å². The van der Waals surface area contributed by atoms with E-state index in [0.717, 1.165) is 36.4 Å². The summed E-state index contributed by atoms with van der Waals surface area (Å²) in [5.74, 6) is 0.955. The fourth-order valence-electron chi connectivity index (χ4n) is 4.04. The number of benzene rings is 2. The third-order valence-electron chi connectivity index (χ3n) is 5.56. The van der Waals surface area contributed by atoms with Crippen LogP contribution in [0.5, 0.6) is 0 Å². The molecule has 3 aromatic rings. The minimum Gasteiger partial charge on any atom is -0.379 e. The van der Waals surface area contributed by atoms with Gasteiger partial charge in [-0.2, -0.15) is 4.31 Å². The molecular formula is C23H30N4O3S. The highest BCUT2D eigenvalue weighted by molar-refractivity contribution is 7.89. The molecule has 0 atom stereocenters. The van der Waals surface area contributed by atoms with Crippen LogP contribution < -0.4 is 0 Å².